The van der Waals surface area contributed by atoms with Gasteiger partial charge in [-0.05, 0) is 30.3 Å². The smallest absolute Gasteiger partial charge is 0.215 e. The number of hydrogen-bond donors (Lipinski definition) is 1. The van der Waals surface area contributed by atoms with E-state index >= 15 is 0 Å². The van der Waals surface area contributed by atoms with E-state index in [1.807, 2.05) is 47.3 Å². The number of H-pyrrole nitrogens is 1. The number of aromatic amines is 1. The van der Waals surface area contributed by atoms with Crippen molar-refractivity contribution in [1.82, 2.24) is 9.55 Å². The molecule has 4 nitrogen and oxygen atoms in total. The van der Waals surface area contributed by atoms with Crippen molar-refractivity contribution in [1.29, 1.82) is 0 Å². The largest absolute Gasteiger partial charge is 0.496 e. The minimum Gasteiger partial charge on any atom is -0.496 e. The number of nitrogens with zero attached hydrogens (tertiary/aromatic N) is 1. The molecule has 0 aliphatic heterocycles. The summed E-state index contributed by atoms with van der Waals surface area (Å²) in [5, 5.41) is 0. The normalized spacial score (nSPS) is 10.4. The van der Waals surface area contributed by atoms with Gasteiger partial charge in [0, 0.05) is 18.6 Å². The Morgan fingerprint density at radius 1 is 1.10 bits per heavy atom. The maximum Gasteiger partial charge on any atom is 0.215 e. The summed E-state index contributed by atoms with van der Waals surface area (Å²) in [5.41, 5.74) is 1.92. The number of ketones is 1. The lowest BCUT2D eigenvalue weighted by Crippen LogP contribution is -2.07. The number of rotatable bonds is 4. The van der Waals surface area contributed by atoms with Gasteiger partial charge in [0.05, 0.1) is 18.4 Å². The minimum atomic E-state index is -0.0869. The minimum absolute atomic E-state index is 0.0869. The van der Waals surface area contributed by atoms with Gasteiger partial charge < -0.3 is 14.3 Å². The summed E-state index contributed by atoms with van der Waals surface area (Å²) in [5.74, 6) is 0.488. The SMILES string of the molecule is COc1ccccc1C(=O)c1[nH]ccc1-n1cccc1. The van der Waals surface area contributed by atoms with Crippen molar-refractivity contribution in [2.75, 3.05) is 7.11 Å². The molecule has 0 unspecified atom stereocenters. The van der Waals surface area contributed by atoms with E-state index in [1.165, 1.54) is 0 Å². The average Bonchev–Trinajstić information content (AvgIpc) is 3.16. The third-order valence-electron chi connectivity index (χ3n) is 3.19. The van der Waals surface area contributed by atoms with E-state index in [-0.39, 0.29) is 5.78 Å². The third-order valence-corrected chi connectivity index (χ3v) is 3.19. The Morgan fingerprint density at radius 2 is 1.85 bits per heavy atom. The van der Waals surface area contributed by atoms with Gasteiger partial charge in [0.1, 0.15) is 11.4 Å². The molecule has 2 aromatic heterocycles. The molecule has 0 aliphatic carbocycles. The molecule has 0 atom stereocenters. The summed E-state index contributed by atoms with van der Waals surface area (Å²) in [7, 11) is 1.56. The first-order chi connectivity index (χ1) is 9.81. The zero-order valence-electron chi connectivity index (χ0n) is 11.0. The maximum absolute atomic E-state index is 12.7. The number of aromatic nitrogens is 2. The molecule has 0 aliphatic rings. The number of carbonyl (C=O) groups excluding carboxylic acids is 1. The van der Waals surface area contributed by atoms with E-state index in [1.54, 1.807) is 25.4 Å². The van der Waals surface area contributed by atoms with Crippen molar-refractivity contribution >= 4 is 5.78 Å². The monoisotopic (exact) mass is 266 g/mol. The topological polar surface area (TPSA) is 47.0 Å². The molecular weight excluding hydrogens is 252 g/mol. The summed E-state index contributed by atoms with van der Waals surface area (Å²) in [6, 6.07) is 12.9. The summed E-state index contributed by atoms with van der Waals surface area (Å²) in [6.07, 6.45) is 5.57. The Kier molecular flexibility index (Phi) is 3.13. The number of nitrogens with one attached hydrogen (secondary N) is 1. The van der Waals surface area contributed by atoms with Gasteiger partial charge in [-0.2, -0.15) is 0 Å². The van der Waals surface area contributed by atoms with Crippen LogP contribution in [-0.2, 0) is 0 Å². The van der Waals surface area contributed by atoms with E-state index in [0.717, 1.165) is 5.69 Å². The van der Waals surface area contributed by atoms with Crippen LogP contribution in [0.3, 0.4) is 0 Å². The number of benzene rings is 1. The van der Waals surface area contributed by atoms with Gasteiger partial charge in [-0.15, -0.1) is 0 Å². The molecule has 0 saturated carbocycles. The second-order valence-corrected chi connectivity index (χ2v) is 4.36. The van der Waals surface area contributed by atoms with Crippen molar-refractivity contribution in [3.8, 4) is 11.4 Å². The van der Waals surface area contributed by atoms with Crippen LogP contribution in [0.25, 0.3) is 5.69 Å². The Labute approximate surface area is 116 Å². The van der Waals surface area contributed by atoms with Gasteiger partial charge in [0.15, 0.2) is 0 Å². The Hall–Kier alpha value is -2.75. The van der Waals surface area contributed by atoms with Crippen LogP contribution in [0.4, 0.5) is 0 Å². The van der Waals surface area contributed by atoms with Gasteiger partial charge >= 0.3 is 0 Å². The highest BCUT2D eigenvalue weighted by Gasteiger charge is 2.18. The lowest BCUT2D eigenvalue weighted by molar-refractivity contribution is 0.103. The Morgan fingerprint density at radius 3 is 2.60 bits per heavy atom. The van der Waals surface area contributed by atoms with E-state index in [0.29, 0.717) is 17.0 Å². The molecule has 0 saturated heterocycles. The zero-order chi connectivity index (χ0) is 13.9. The molecular formula is C16H14N2O2. The lowest BCUT2D eigenvalue weighted by Gasteiger charge is -2.08. The van der Waals surface area contributed by atoms with Crippen LogP contribution in [0.1, 0.15) is 16.1 Å². The predicted molar refractivity (Wildman–Crippen MR) is 76.5 cm³/mol. The standard InChI is InChI=1S/C16H14N2O2/c1-20-14-7-3-2-6-12(14)16(19)15-13(8-9-17-15)18-10-4-5-11-18/h2-11,17H,1H3. The summed E-state index contributed by atoms with van der Waals surface area (Å²) >= 11 is 0. The first-order valence-corrected chi connectivity index (χ1v) is 6.29. The van der Waals surface area contributed by atoms with Crippen molar-refractivity contribution < 1.29 is 9.53 Å². The van der Waals surface area contributed by atoms with Crippen molar-refractivity contribution in [3.63, 3.8) is 0 Å². The zero-order valence-corrected chi connectivity index (χ0v) is 11.0. The molecule has 4 heteroatoms. The number of hydrogen-bond acceptors (Lipinski definition) is 2. The molecule has 0 radical (unpaired) electrons. The first kappa shape index (κ1) is 12.3. The van der Waals surface area contributed by atoms with Crippen LogP contribution in [0.15, 0.2) is 61.1 Å². The fourth-order valence-electron chi connectivity index (χ4n) is 2.22. The molecule has 20 heavy (non-hydrogen) atoms. The van der Waals surface area contributed by atoms with Crippen LogP contribution in [0.2, 0.25) is 0 Å². The number of para-hydroxylation sites is 1. The van der Waals surface area contributed by atoms with Crippen LogP contribution >= 0.6 is 0 Å². The van der Waals surface area contributed by atoms with E-state index in [2.05, 4.69) is 4.98 Å². The highest BCUT2D eigenvalue weighted by atomic mass is 16.5. The van der Waals surface area contributed by atoms with Gasteiger partial charge in [-0.1, -0.05) is 12.1 Å². The molecule has 0 spiro atoms. The van der Waals surface area contributed by atoms with E-state index < -0.39 is 0 Å². The van der Waals surface area contributed by atoms with Crippen LogP contribution in [-0.4, -0.2) is 22.4 Å². The summed E-state index contributed by atoms with van der Waals surface area (Å²) < 4.78 is 7.16. The van der Waals surface area contributed by atoms with Crippen molar-refractivity contribution in [2.45, 2.75) is 0 Å². The fourth-order valence-corrected chi connectivity index (χ4v) is 2.22. The number of ether oxygens (including phenoxy) is 1. The lowest BCUT2D eigenvalue weighted by atomic mass is 10.1. The predicted octanol–water partition coefficient (Wildman–Crippen LogP) is 3.05. The quantitative estimate of drug-likeness (QED) is 0.738. The Bertz CT molecular complexity index is 727. The molecule has 3 rings (SSSR count). The number of carbonyl (C=O) groups is 1. The van der Waals surface area contributed by atoms with Gasteiger partial charge in [0.25, 0.3) is 0 Å². The molecule has 1 aromatic carbocycles. The number of methoxy groups -OCH3 is 1. The van der Waals surface area contributed by atoms with Crippen molar-refractivity contribution in [2.24, 2.45) is 0 Å². The van der Waals surface area contributed by atoms with Crippen molar-refractivity contribution in [3.05, 3.63) is 72.3 Å². The highest BCUT2D eigenvalue weighted by molar-refractivity contribution is 6.11. The Balaban J connectivity index is 2.06. The second-order valence-electron chi connectivity index (χ2n) is 4.36. The third kappa shape index (κ3) is 2.01. The summed E-state index contributed by atoms with van der Waals surface area (Å²) in [6.45, 7) is 0. The molecule has 0 fully saturated rings. The molecule has 100 valence electrons. The first-order valence-electron chi connectivity index (χ1n) is 6.29. The molecule has 2 heterocycles. The average molecular weight is 266 g/mol. The fraction of sp³-hybridized carbons (Fsp3) is 0.0625. The summed E-state index contributed by atoms with van der Waals surface area (Å²) in [4.78, 5) is 15.7. The van der Waals surface area contributed by atoms with Gasteiger partial charge in [0.2, 0.25) is 5.78 Å². The van der Waals surface area contributed by atoms with E-state index in [9.17, 15) is 4.79 Å². The van der Waals surface area contributed by atoms with Gasteiger partial charge in [-0.25, -0.2) is 0 Å². The second kappa shape index (κ2) is 5.09. The molecule has 1 N–H and O–H groups in total. The van der Waals surface area contributed by atoms with Gasteiger partial charge in [-0.3, -0.25) is 4.79 Å². The van der Waals surface area contributed by atoms with Crippen LogP contribution < -0.4 is 4.74 Å². The maximum atomic E-state index is 12.7. The molecule has 0 amide bonds. The van der Waals surface area contributed by atoms with E-state index in [4.69, 9.17) is 4.74 Å². The highest BCUT2D eigenvalue weighted by Crippen LogP contribution is 2.23. The molecule has 3 aromatic rings. The van der Waals surface area contributed by atoms with Crippen LogP contribution in [0.5, 0.6) is 5.75 Å². The molecule has 0 bridgehead atoms. The van der Waals surface area contributed by atoms with Crippen LogP contribution in [0, 0.1) is 0 Å².